The van der Waals surface area contributed by atoms with Gasteiger partial charge in [-0.25, -0.2) is 9.59 Å². The van der Waals surface area contributed by atoms with E-state index < -0.39 is 41.6 Å². The summed E-state index contributed by atoms with van der Waals surface area (Å²) in [5, 5.41) is 19.6. The molecule has 2 atom stereocenters. The molecule has 0 bridgehead atoms. The van der Waals surface area contributed by atoms with E-state index in [0.717, 1.165) is 0 Å². The fraction of sp³-hybridized carbons (Fsp3) is 0.565. The van der Waals surface area contributed by atoms with Gasteiger partial charge in [-0.05, 0) is 57.2 Å². The third-order valence-electron chi connectivity index (χ3n) is 4.63. The number of alkyl carbamates (subject to hydrolysis) is 1. The highest BCUT2D eigenvalue weighted by Crippen LogP contribution is 2.12. The van der Waals surface area contributed by atoms with Crippen LogP contribution in [-0.4, -0.2) is 53.3 Å². The molecule has 7 N–H and O–H groups in total. The van der Waals surface area contributed by atoms with Crippen molar-refractivity contribution in [2.45, 2.75) is 71.8 Å². The van der Waals surface area contributed by atoms with Gasteiger partial charge in [0.05, 0.1) is 6.61 Å². The number of carbonyl (C=O) groups excluding carboxylic acids is 4. The van der Waals surface area contributed by atoms with E-state index in [4.69, 9.17) is 15.6 Å². The van der Waals surface area contributed by atoms with Crippen LogP contribution < -0.4 is 27.0 Å². The van der Waals surface area contributed by atoms with Crippen LogP contribution >= 0.6 is 0 Å². The molecule has 0 saturated heterocycles. The number of rotatable bonds is 11. The molecule has 34 heavy (non-hydrogen) atoms. The summed E-state index contributed by atoms with van der Waals surface area (Å²) in [6, 6.07) is 4.05. The van der Waals surface area contributed by atoms with Crippen molar-refractivity contribution >= 4 is 29.6 Å². The summed E-state index contributed by atoms with van der Waals surface area (Å²) >= 11 is 0. The molecule has 0 heterocycles. The molecule has 0 aliphatic heterocycles. The molecule has 11 heteroatoms. The molecule has 190 valence electrons. The van der Waals surface area contributed by atoms with Crippen molar-refractivity contribution in [2.75, 3.05) is 11.9 Å². The lowest BCUT2D eigenvalue weighted by Gasteiger charge is -2.27. The summed E-state index contributed by atoms with van der Waals surface area (Å²) in [5.74, 6) is -1.29. The second-order valence-corrected chi connectivity index (χ2v) is 9.21. The van der Waals surface area contributed by atoms with E-state index in [1.165, 1.54) is 0 Å². The predicted molar refractivity (Wildman–Crippen MR) is 128 cm³/mol. The number of urea groups is 1. The van der Waals surface area contributed by atoms with Crippen LogP contribution in [0.2, 0.25) is 0 Å². The Labute approximate surface area is 200 Å². The van der Waals surface area contributed by atoms with Gasteiger partial charge in [0.1, 0.15) is 17.7 Å². The molecule has 0 saturated carbocycles. The van der Waals surface area contributed by atoms with Crippen molar-refractivity contribution in [1.29, 1.82) is 0 Å². The first kappa shape index (κ1) is 28.7. The van der Waals surface area contributed by atoms with E-state index in [1.807, 2.05) is 0 Å². The Kier molecular flexibility index (Phi) is 11.3. The molecule has 0 unspecified atom stereocenters. The predicted octanol–water partition coefficient (Wildman–Crippen LogP) is 1.60. The van der Waals surface area contributed by atoms with Crippen molar-refractivity contribution in [3.05, 3.63) is 29.8 Å². The fourth-order valence-electron chi connectivity index (χ4n) is 2.94. The van der Waals surface area contributed by atoms with Crippen molar-refractivity contribution in [3.63, 3.8) is 0 Å². The van der Waals surface area contributed by atoms with E-state index in [-0.39, 0.29) is 25.5 Å². The lowest BCUT2D eigenvalue weighted by molar-refractivity contribution is -0.128. The molecule has 1 aromatic rings. The molecule has 0 fully saturated rings. The summed E-state index contributed by atoms with van der Waals surface area (Å²) in [6.45, 7) is 8.76. The van der Waals surface area contributed by atoms with Gasteiger partial charge in [-0.15, -0.1) is 0 Å². The van der Waals surface area contributed by atoms with Crippen LogP contribution in [0.15, 0.2) is 24.3 Å². The number of nitrogens with two attached hydrogens (primary N) is 1. The van der Waals surface area contributed by atoms with E-state index in [9.17, 15) is 19.2 Å². The number of hydrogen-bond acceptors (Lipinski definition) is 6. The normalized spacial score (nSPS) is 12.9. The molecule has 5 amide bonds. The number of aliphatic hydroxyl groups excluding tert-OH is 1. The molecule has 0 aromatic heterocycles. The molecule has 0 spiro atoms. The number of benzene rings is 1. The first-order chi connectivity index (χ1) is 15.8. The maximum atomic E-state index is 13.0. The number of ether oxygens (including phenoxy) is 1. The maximum Gasteiger partial charge on any atom is 0.408 e. The minimum atomic E-state index is -0.943. The highest BCUT2D eigenvalue weighted by Gasteiger charge is 2.30. The number of primary amides is 1. The number of anilines is 1. The van der Waals surface area contributed by atoms with Crippen molar-refractivity contribution in [2.24, 2.45) is 11.7 Å². The summed E-state index contributed by atoms with van der Waals surface area (Å²) in [5.41, 5.74) is 5.52. The summed E-state index contributed by atoms with van der Waals surface area (Å²) < 4.78 is 5.24. The first-order valence-corrected chi connectivity index (χ1v) is 11.2. The van der Waals surface area contributed by atoms with Gasteiger partial charge in [-0.1, -0.05) is 26.0 Å². The molecule has 11 nitrogen and oxygen atoms in total. The van der Waals surface area contributed by atoms with Crippen LogP contribution in [-0.2, 0) is 20.9 Å². The first-order valence-electron chi connectivity index (χ1n) is 11.2. The Bertz CT molecular complexity index is 835. The second kappa shape index (κ2) is 13.4. The van der Waals surface area contributed by atoms with Crippen LogP contribution in [0.4, 0.5) is 15.3 Å². The van der Waals surface area contributed by atoms with Gasteiger partial charge in [-0.3, -0.25) is 9.59 Å². The Hall–Kier alpha value is -3.34. The van der Waals surface area contributed by atoms with Crippen LogP contribution in [0, 0.1) is 5.92 Å². The highest BCUT2D eigenvalue weighted by atomic mass is 16.6. The quantitative estimate of drug-likeness (QED) is 0.263. The van der Waals surface area contributed by atoms with Crippen LogP contribution in [0.25, 0.3) is 0 Å². The number of amides is 5. The largest absolute Gasteiger partial charge is 0.444 e. The molecule has 1 aromatic carbocycles. The average molecular weight is 480 g/mol. The van der Waals surface area contributed by atoms with Gasteiger partial charge in [0.15, 0.2) is 0 Å². The third-order valence-corrected chi connectivity index (χ3v) is 4.63. The summed E-state index contributed by atoms with van der Waals surface area (Å²) in [4.78, 5) is 49.0. The molecule has 0 aliphatic rings. The summed E-state index contributed by atoms with van der Waals surface area (Å²) in [6.07, 6.45) is -0.155. The van der Waals surface area contributed by atoms with Crippen molar-refractivity contribution < 1.29 is 29.0 Å². The minimum Gasteiger partial charge on any atom is -0.444 e. The zero-order valence-electron chi connectivity index (χ0n) is 20.4. The van der Waals surface area contributed by atoms with Crippen molar-refractivity contribution in [3.8, 4) is 0 Å². The average Bonchev–Trinajstić information content (AvgIpc) is 2.72. The minimum absolute atomic E-state index is 0.124. The van der Waals surface area contributed by atoms with Crippen molar-refractivity contribution in [1.82, 2.24) is 16.0 Å². The van der Waals surface area contributed by atoms with Gasteiger partial charge < -0.3 is 36.8 Å². The lowest BCUT2D eigenvalue weighted by atomic mass is 10.0. The number of hydrogen-bond donors (Lipinski definition) is 6. The topological polar surface area (TPSA) is 172 Å². The van der Waals surface area contributed by atoms with Gasteiger partial charge in [0.2, 0.25) is 11.8 Å². The zero-order valence-corrected chi connectivity index (χ0v) is 20.4. The van der Waals surface area contributed by atoms with E-state index in [1.54, 1.807) is 58.9 Å². The maximum absolute atomic E-state index is 13.0. The molecule has 1 rings (SSSR count). The zero-order chi connectivity index (χ0) is 25.9. The van der Waals surface area contributed by atoms with Gasteiger partial charge in [0, 0.05) is 12.2 Å². The standard InChI is InChI=1S/C23H37N5O6/c1-14(2)18(28-22(33)34-23(3,4)5)20(31)27-17(7-6-12-25-21(24)32)19(30)26-16-10-8-15(13-29)9-11-16/h8-11,14,17-18,29H,6-7,12-13H2,1-5H3,(H,26,30)(H,27,31)(H,28,33)(H3,24,25,32)/t17-,18-/m0/s1. The van der Waals surface area contributed by atoms with Crippen LogP contribution in [0.1, 0.15) is 53.0 Å². The number of aliphatic hydroxyl groups is 1. The summed E-state index contributed by atoms with van der Waals surface area (Å²) in [7, 11) is 0. The smallest absolute Gasteiger partial charge is 0.408 e. The Morgan fingerprint density at radius 2 is 1.65 bits per heavy atom. The van der Waals surface area contributed by atoms with Crippen LogP contribution in [0.3, 0.4) is 0 Å². The van der Waals surface area contributed by atoms with Crippen LogP contribution in [0.5, 0.6) is 0 Å². The number of nitrogens with one attached hydrogen (secondary N) is 4. The third kappa shape index (κ3) is 11.0. The Morgan fingerprint density at radius 1 is 1.03 bits per heavy atom. The molecule has 0 aliphatic carbocycles. The van der Waals surface area contributed by atoms with Gasteiger partial charge in [-0.2, -0.15) is 0 Å². The monoisotopic (exact) mass is 479 g/mol. The highest BCUT2D eigenvalue weighted by molar-refractivity contribution is 5.98. The number of carbonyl (C=O) groups is 4. The van der Waals surface area contributed by atoms with E-state index in [2.05, 4.69) is 21.3 Å². The molecular weight excluding hydrogens is 442 g/mol. The Morgan fingerprint density at radius 3 is 2.15 bits per heavy atom. The van der Waals surface area contributed by atoms with E-state index >= 15 is 0 Å². The Balaban J connectivity index is 2.92. The van der Waals surface area contributed by atoms with Gasteiger partial charge in [0.25, 0.3) is 0 Å². The van der Waals surface area contributed by atoms with E-state index in [0.29, 0.717) is 17.7 Å². The fourth-order valence-corrected chi connectivity index (χ4v) is 2.94. The second-order valence-electron chi connectivity index (χ2n) is 9.21. The van der Waals surface area contributed by atoms with Gasteiger partial charge >= 0.3 is 12.1 Å². The SMILES string of the molecule is CC(C)[C@H](NC(=O)OC(C)(C)C)C(=O)N[C@@H](CCCNC(N)=O)C(=O)Nc1ccc(CO)cc1. The molecule has 0 radical (unpaired) electrons. The molecular formula is C23H37N5O6. The lowest BCUT2D eigenvalue weighted by Crippen LogP contribution is -2.55.